The molecule has 1 aromatic carbocycles. The van der Waals surface area contributed by atoms with Gasteiger partial charge in [-0.15, -0.1) is 0 Å². The predicted octanol–water partition coefficient (Wildman–Crippen LogP) is 3.08. The van der Waals surface area contributed by atoms with Crippen LogP contribution in [0, 0.1) is 11.3 Å². The highest BCUT2D eigenvalue weighted by molar-refractivity contribution is 6.01. The van der Waals surface area contributed by atoms with Crippen LogP contribution in [0.25, 0.3) is 5.76 Å². The van der Waals surface area contributed by atoms with Crippen LogP contribution in [-0.2, 0) is 23.8 Å². The van der Waals surface area contributed by atoms with E-state index in [2.05, 4.69) is 0 Å². The second-order valence-corrected chi connectivity index (χ2v) is 6.47. The summed E-state index contributed by atoms with van der Waals surface area (Å²) in [5, 5.41) is 0. The van der Waals surface area contributed by atoms with Crippen LogP contribution in [0.5, 0.6) is 5.75 Å². The molecule has 3 rings (SSSR count). The highest BCUT2D eigenvalue weighted by Gasteiger charge is 2.56. The summed E-state index contributed by atoms with van der Waals surface area (Å²) in [5.41, 5.74) is 0.405. The van der Waals surface area contributed by atoms with Gasteiger partial charge in [-0.2, -0.15) is 0 Å². The van der Waals surface area contributed by atoms with Crippen LogP contribution >= 0.6 is 0 Å². The Bertz CT molecular complexity index is 788. The Kier molecular flexibility index (Phi) is 4.76. The van der Waals surface area contributed by atoms with E-state index in [4.69, 9.17) is 18.9 Å². The fraction of sp³-hybridized carbons (Fsp3) is 0.400. The molecule has 0 bridgehead atoms. The molecule has 0 unspecified atom stereocenters. The number of methoxy groups -OCH3 is 3. The summed E-state index contributed by atoms with van der Waals surface area (Å²) in [6.45, 7) is 1.84. The van der Waals surface area contributed by atoms with Gasteiger partial charge < -0.3 is 18.9 Å². The molecule has 138 valence electrons. The minimum absolute atomic E-state index is 0.109. The molecule has 1 saturated carbocycles. The Labute approximate surface area is 152 Å². The van der Waals surface area contributed by atoms with Crippen molar-refractivity contribution < 1.29 is 28.5 Å². The monoisotopic (exact) mass is 358 g/mol. The van der Waals surface area contributed by atoms with Gasteiger partial charge in [0.05, 0.1) is 26.9 Å². The zero-order valence-electron chi connectivity index (χ0n) is 15.3. The smallest absolute Gasteiger partial charge is 0.323 e. The first-order valence-electron chi connectivity index (χ1n) is 8.36. The molecule has 0 aromatic heterocycles. The third kappa shape index (κ3) is 2.75. The highest BCUT2D eigenvalue weighted by atomic mass is 16.5. The largest absolute Gasteiger partial charge is 0.496 e. The number of fused-ring (bicyclic) bond motifs is 1. The lowest BCUT2D eigenvalue weighted by molar-refractivity contribution is -0.168. The van der Waals surface area contributed by atoms with Gasteiger partial charge in [0.2, 0.25) is 0 Å². The predicted molar refractivity (Wildman–Crippen MR) is 93.9 cm³/mol. The van der Waals surface area contributed by atoms with Gasteiger partial charge in [-0.3, -0.25) is 9.59 Å². The van der Waals surface area contributed by atoms with E-state index in [0.29, 0.717) is 23.7 Å². The van der Waals surface area contributed by atoms with E-state index in [9.17, 15) is 9.59 Å². The number of carbonyl (C=O) groups is 2. The molecule has 1 aromatic rings. The van der Waals surface area contributed by atoms with E-state index >= 15 is 0 Å². The molecule has 26 heavy (non-hydrogen) atoms. The summed E-state index contributed by atoms with van der Waals surface area (Å²) in [4.78, 5) is 24.8. The first kappa shape index (κ1) is 18.0. The van der Waals surface area contributed by atoms with Crippen molar-refractivity contribution >= 4 is 17.7 Å². The van der Waals surface area contributed by atoms with E-state index < -0.39 is 17.4 Å². The average molecular weight is 358 g/mol. The quantitative estimate of drug-likeness (QED) is 0.608. The second kappa shape index (κ2) is 6.86. The van der Waals surface area contributed by atoms with Gasteiger partial charge >= 0.3 is 11.9 Å². The third-order valence-electron chi connectivity index (χ3n) is 5.10. The number of hydrogen-bond acceptors (Lipinski definition) is 6. The molecule has 6 nitrogen and oxygen atoms in total. The van der Waals surface area contributed by atoms with Gasteiger partial charge in [0, 0.05) is 5.92 Å². The lowest BCUT2D eigenvalue weighted by Crippen LogP contribution is -2.39. The maximum atomic E-state index is 12.4. The molecule has 0 saturated heterocycles. The number of para-hydroxylation sites is 1. The van der Waals surface area contributed by atoms with Crippen molar-refractivity contribution in [1.82, 2.24) is 0 Å². The van der Waals surface area contributed by atoms with Crippen LogP contribution in [-0.4, -0.2) is 33.3 Å². The Morgan fingerprint density at radius 1 is 1.12 bits per heavy atom. The van der Waals surface area contributed by atoms with Gasteiger partial charge in [-0.25, -0.2) is 0 Å². The molecule has 0 radical (unpaired) electrons. The summed E-state index contributed by atoms with van der Waals surface area (Å²) in [7, 11) is 4.16. The van der Waals surface area contributed by atoms with E-state index in [-0.39, 0.29) is 12.3 Å². The molecule has 1 fully saturated rings. The topological polar surface area (TPSA) is 71.1 Å². The number of esters is 2. The molecule has 1 aliphatic carbocycles. The van der Waals surface area contributed by atoms with Crippen molar-refractivity contribution in [1.29, 1.82) is 0 Å². The van der Waals surface area contributed by atoms with Crippen molar-refractivity contribution in [2.45, 2.75) is 19.8 Å². The molecule has 0 amide bonds. The fourth-order valence-corrected chi connectivity index (χ4v) is 3.80. The van der Waals surface area contributed by atoms with Crippen LogP contribution in [0.15, 0.2) is 41.7 Å². The summed E-state index contributed by atoms with van der Waals surface area (Å²) in [6.07, 6.45) is 2.47. The van der Waals surface area contributed by atoms with Crippen molar-refractivity contribution in [2.24, 2.45) is 11.3 Å². The number of hydrogen-bond donors (Lipinski definition) is 0. The van der Waals surface area contributed by atoms with Crippen LogP contribution in [0.4, 0.5) is 0 Å². The molecule has 0 N–H and O–H groups in total. The van der Waals surface area contributed by atoms with Gasteiger partial charge in [-0.1, -0.05) is 12.1 Å². The average Bonchev–Trinajstić information content (AvgIpc) is 3.08. The van der Waals surface area contributed by atoms with Crippen LogP contribution < -0.4 is 4.74 Å². The van der Waals surface area contributed by atoms with Gasteiger partial charge in [0.25, 0.3) is 0 Å². The number of ether oxygens (including phenoxy) is 4. The summed E-state index contributed by atoms with van der Waals surface area (Å²) in [5.74, 6) is 0.770. The Hall–Kier alpha value is -2.76. The van der Waals surface area contributed by atoms with E-state index in [1.807, 2.05) is 37.3 Å². The molecular formula is C20H22O6. The van der Waals surface area contributed by atoms with Crippen LogP contribution in [0.3, 0.4) is 0 Å². The SMILES string of the molecule is COC(=O)C1(C(=O)OC)CC2=C(C)OC(c3ccccc3OC)=C[C@@H]2C1. The summed E-state index contributed by atoms with van der Waals surface area (Å²) >= 11 is 0. The van der Waals surface area contributed by atoms with Crippen molar-refractivity contribution in [3.05, 3.63) is 47.2 Å². The lowest BCUT2D eigenvalue weighted by atomic mass is 9.85. The fourth-order valence-electron chi connectivity index (χ4n) is 3.80. The van der Waals surface area contributed by atoms with Crippen LogP contribution in [0.2, 0.25) is 0 Å². The highest BCUT2D eigenvalue weighted by Crippen LogP contribution is 2.52. The van der Waals surface area contributed by atoms with Crippen LogP contribution in [0.1, 0.15) is 25.3 Å². The van der Waals surface area contributed by atoms with E-state index in [1.165, 1.54) is 14.2 Å². The zero-order valence-corrected chi connectivity index (χ0v) is 15.3. The molecule has 1 aliphatic heterocycles. The Morgan fingerprint density at radius 2 is 1.77 bits per heavy atom. The van der Waals surface area contributed by atoms with Gasteiger partial charge in [0.1, 0.15) is 17.3 Å². The number of benzene rings is 1. The molecule has 1 heterocycles. The second-order valence-electron chi connectivity index (χ2n) is 6.47. The number of allylic oxidation sites excluding steroid dienone is 3. The normalized spacial score (nSPS) is 20.6. The summed E-state index contributed by atoms with van der Waals surface area (Å²) < 4.78 is 21.2. The van der Waals surface area contributed by atoms with Crippen molar-refractivity contribution in [3.63, 3.8) is 0 Å². The molecule has 1 atom stereocenters. The maximum Gasteiger partial charge on any atom is 0.323 e. The standard InChI is InChI=1S/C20H22O6/c1-12-15-11-20(18(21)24-3,19(22)25-4)10-13(15)9-17(26-12)14-7-5-6-8-16(14)23-2/h5-9,13H,10-11H2,1-4H3/t13-/m1/s1. The van der Waals surface area contributed by atoms with Crippen molar-refractivity contribution in [3.8, 4) is 5.75 Å². The Balaban J connectivity index is 2.01. The minimum Gasteiger partial charge on any atom is -0.496 e. The molecule has 6 heteroatoms. The maximum absolute atomic E-state index is 12.4. The molecule has 0 spiro atoms. The zero-order chi connectivity index (χ0) is 18.9. The minimum atomic E-state index is -1.33. The third-order valence-corrected chi connectivity index (χ3v) is 5.10. The first-order valence-corrected chi connectivity index (χ1v) is 8.36. The first-order chi connectivity index (χ1) is 12.5. The van der Waals surface area contributed by atoms with E-state index in [0.717, 1.165) is 11.1 Å². The number of carbonyl (C=O) groups excluding carboxylic acids is 2. The summed E-state index contributed by atoms with van der Waals surface area (Å²) in [6, 6.07) is 7.55. The lowest BCUT2D eigenvalue weighted by Gasteiger charge is -2.23. The van der Waals surface area contributed by atoms with Gasteiger partial charge in [0.15, 0.2) is 5.41 Å². The van der Waals surface area contributed by atoms with Crippen molar-refractivity contribution in [2.75, 3.05) is 21.3 Å². The number of rotatable bonds is 4. The van der Waals surface area contributed by atoms with E-state index in [1.54, 1.807) is 7.11 Å². The van der Waals surface area contributed by atoms with Gasteiger partial charge in [-0.05, 0) is 43.5 Å². The molecule has 2 aliphatic rings. The molecular weight excluding hydrogens is 336 g/mol. The Morgan fingerprint density at radius 3 is 2.38 bits per heavy atom.